The molecule has 45 heavy (non-hydrogen) atoms. The molecule has 2 N–H and O–H groups in total. The van der Waals surface area contributed by atoms with Crippen LogP contribution in [0.3, 0.4) is 0 Å². The van der Waals surface area contributed by atoms with Crippen molar-refractivity contribution in [3.8, 4) is 28.1 Å². The van der Waals surface area contributed by atoms with Gasteiger partial charge in [-0.1, -0.05) is 11.6 Å². The van der Waals surface area contributed by atoms with Crippen LogP contribution < -0.4 is 9.64 Å². The summed E-state index contributed by atoms with van der Waals surface area (Å²) in [5.41, 5.74) is 4.74. The summed E-state index contributed by atoms with van der Waals surface area (Å²) >= 11 is 0. The third-order valence-corrected chi connectivity index (χ3v) is 8.22. The van der Waals surface area contributed by atoms with Gasteiger partial charge in [0.25, 0.3) is 0 Å². The van der Waals surface area contributed by atoms with E-state index in [-0.39, 0.29) is 12.1 Å². The summed E-state index contributed by atoms with van der Waals surface area (Å²) in [7, 11) is 1.50. The van der Waals surface area contributed by atoms with Crippen LogP contribution in [0.25, 0.3) is 22.3 Å². The molecule has 2 aliphatic rings. The maximum absolute atomic E-state index is 13.6. The van der Waals surface area contributed by atoms with Crippen LogP contribution in [0, 0.1) is 20.8 Å². The van der Waals surface area contributed by atoms with Crippen LogP contribution in [0.5, 0.6) is 5.88 Å². The van der Waals surface area contributed by atoms with Crippen LogP contribution in [0.1, 0.15) is 46.8 Å². The molecule has 2 saturated heterocycles. The van der Waals surface area contributed by atoms with Gasteiger partial charge in [0.15, 0.2) is 0 Å². The number of halogens is 3. The molecule has 1 amide bonds. The Bertz CT molecular complexity index is 1750. The van der Waals surface area contributed by atoms with E-state index in [0.717, 1.165) is 34.6 Å². The second kappa shape index (κ2) is 11.3. The number of carbonyl (C=O) groups excluding carboxylic acids is 1. The number of aliphatic hydroxyl groups excluding tert-OH is 1. The van der Waals surface area contributed by atoms with Gasteiger partial charge in [0.2, 0.25) is 11.8 Å². The molecule has 4 aromatic rings. The van der Waals surface area contributed by atoms with Gasteiger partial charge in [-0.15, -0.1) is 0 Å². The van der Waals surface area contributed by atoms with Gasteiger partial charge in [-0.2, -0.15) is 18.3 Å². The van der Waals surface area contributed by atoms with Gasteiger partial charge < -0.3 is 19.5 Å². The van der Waals surface area contributed by atoms with Gasteiger partial charge in [0.1, 0.15) is 6.10 Å². The van der Waals surface area contributed by atoms with Gasteiger partial charge in [-0.25, -0.2) is 19.7 Å². The quantitative estimate of drug-likeness (QED) is 0.287. The zero-order chi connectivity index (χ0) is 32.2. The number of ether oxygens (including phenoxy) is 2. The van der Waals surface area contributed by atoms with E-state index >= 15 is 0 Å². The van der Waals surface area contributed by atoms with Gasteiger partial charge in [0.05, 0.1) is 42.8 Å². The molecule has 0 saturated carbocycles. The molecule has 1 aromatic carbocycles. The molecular weight excluding hydrogens is 591 g/mol. The fourth-order valence-electron chi connectivity index (χ4n) is 5.91. The number of aryl methyl sites for hydroxylation is 3. The van der Waals surface area contributed by atoms with Crippen LogP contribution in [0.2, 0.25) is 0 Å². The predicted molar refractivity (Wildman–Crippen MR) is 157 cm³/mol. The number of aromatic nitrogens is 5. The van der Waals surface area contributed by atoms with Gasteiger partial charge in [0, 0.05) is 53.4 Å². The average molecular weight is 624 g/mol. The van der Waals surface area contributed by atoms with Gasteiger partial charge >= 0.3 is 12.3 Å². The Morgan fingerprint density at radius 3 is 2.49 bits per heavy atom. The Morgan fingerprint density at radius 2 is 1.84 bits per heavy atom. The number of carbonyl (C=O) groups is 1. The number of aliphatic hydroxyl groups is 1. The van der Waals surface area contributed by atoms with E-state index in [2.05, 4.69) is 20.2 Å². The van der Waals surface area contributed by atoms with E-state index in [1.54, 1.807) is 32.3 Å². The number of β-amino-alcohol motifs (C(OH)–C–C–N with tert-alkyl or cyclic N) is 1. The second-order valence-electron chi connectivity index (χ2n) is 11.5. The van der Waals surface area contributed by atoms with E-state index < -0.39 is 36.1 Å². The van der Waals surface area contributed by atoms with Gasteiger partial charge in [-0.05, 0) is 51.5 Å². The standard InChI is InChI=1S/C31H32F3N7O4/c1-15-6-19(8-21(7-15)31(32,33)34)27-18(4)41(30(43)45-27)14-25-24(11-36-29(37-25)40-12-22(42)13-40)23-9-20(10-35-28(23)44-5)26-16(2)38-39-17(26)3/h6-11,18,22,27,42H,12-14H2,1-5H3,(H,38,39)/t18-,27-/m0/s1. The first-order chi connectivity index (χ1) is 21.3. The zero-order valence-electron chi connectivity index (χ0n) is 25.3. The first kappa shape index (κ1) is 30.3. The van der Waals surface area contributed by atoms with Crippen molar-refractivity contribution in [2.75, 3.05) is 25.1 Å². The van der Waals surface area contributed by atoms with Crippen LogP contribution in [0.4, 0.5) is 23.9 Å². The monoisotopic (exact) mass is 623 g/mol. The molecule has 2 aliphatic heterocycles. The van der Waals surface area contributed by atoms with E-state index in [1.165, 1.54) is 12.0 Å². The second-order valence-corrected chi connectivity index (χ2v) is 11.5. The lowest BCUT2D eigenvalue weighted by atomic mass is 9.97. The number of H-pyrrole nitrogens is 1. The van der Waals surface area contributed by atoms with E-state index in [9.17, 15) is 23.1 Å². The lowest BCUT2D eigenvalue weighted by Crippen LogP contribution is -2.51. The van der Waals surface area contributed by atoms with E-state index in [1.807, 2.05) is 24.8 Å². The van der Waals surface area contributed by atoms with Crippen molar-refractivity contribution >= 4 is 12.0 Å². The molecule has 0 spiro atoms. The molecule has 14 heteroatoms. The number of nitrogens with zero attached hydrogens (tertiary/aromatic N) is 6. The number of methoxy groups -OCH3 is 1. The highest BCUT2D eigenvalue weighted by atomic mass is 19.4. The molecule has 0 radical (unpaired) electrons. The number of hydrogen-bond acceptors (Lipinski definition) is 9. The van der Waals surface area contributed by atoms with Crippen molar-refractivity contribution in [2.24, 2.45) is 0 Å². The number of nitrogens with one attached hydrogen (secondary N) is 1. The minimum atomic E-state index is -4.54. The Balaban J connectivity index is 1.40. The number of alkyl halides is 3. The minimum absolute atomic E-state index is 0.0349. The first-order valence-electron chi connectivity index (χ1n) is 14.3. The normalized spacial score (nSPS) is 18.7. The molecule has 6 rings (SSSR count). The number of anilines is 1. The fourth-order valence-corrected chi connectivity index (χ4v) is 5.91. The summed E-state index contributed by atoms with van der Waals surface area (Å²) in [6, 6.07) is 4.95. The number of rotatable bonds is 7. The summed E-state index contributed by atoms with van der Waals surface area (Å²) in [4.78, 5) is 30.4. The van der Waals surface area contributed by atoms with Crippen molar-refractivity contribution in [1.82, 2.24) is 30.0 Å². The number of hydrogen-bond donors (Lipinski definition) is 2. The highest BCUT2D eigenvalue weighted by Crippen LogP contribution is 2.40. The largest absolute Gasteiger partial charge is 0.481 e. The molecule has 0 bridgehead atoms. The molecule has 3 aromatic heterocycles. The molecule has 5 heterocycles. The number of pyridine rings is 1. The average Bonchev–Trinajstić information content (AvgIpc) is 3.46. The highest BCUT2D eigenvalue weighted by molar-refractivity contribution is 5.79. The van der Waals surface area contributed by atoms with Crippen LogP contribution in [0.15, 0.2) is 36.7 Å². The topological polar surface area (TPSA) is 130 Å². The summed E-state index contributed by atoms with van der Waals surface area (Å²) in [6.45, 7) is 7.78. The maximum Gasteiger partial charge on any atom is 0.416 e. The van der Waals surface area contributed by atoms with Crippen molar-refractivity contribution in [3.63, 3.8) is 0 Å². The SMILES string of the molecule is COc1ncc(-c2c(C)n[nH]c2C)cc1-c1cnc(N2CC(O)C2)nc1CN1C(=O)O[C@H](c2cc(C)cc(C(F)(F)F)c2)[C@@H]1C. The summed E-state index contributed by atoms with van der Waals surface area (Å²) < 4.78 is 52.1. The number of aromatic amines is 1. The highest BCUT2D eigenvalue weighted by Gasteiger charge is 2.42. The summed E-state index contributed by atoms with van der Waals surface area (Å²) in [5.74, 6) is 0.679. The molecular formula is C31H32F3N7O4. The predicted octanol–water partition coefficient (Wildman–Crippen LogP) is 5.14. The number of benzene rings is 1. The molecule has 236 valence electrons. The zero-order valence-corrected chi connectivity index (χ0v) is 25.3. The Labute approximate surface area is 257 Å². The van der Waals surface area contributed by atoms with Crippen molar-refractivity contribution in [1.29, 1.82) is 0 Å². The molecule has 0 unspecified atom stereocenters. The molecule has 0 aliphatic carbocycles. The Hall–Kier alpha value is -4.72. The first-order valence-corrected chi connectivity index (χ1v) is 14.3. The molecule has 11 nitrogen and oxygen atoms in total. The van der Waals surface area contributed by atoms with Crippen LogP contribution in [-0.2, 0) is 17.5 Å². The van der Waals surface area contributed by atoms with Gasteiger partial charge in [-0.3, -0.25) is 10.00 Å². The molecule has 2 atom stereocenters. The summed E-state index contributed by atoms with van der Waals surface area (Å²) in [5, 5.41) is 17.1. The Morgan fingerprint density at radius 1 is 1.09 bits per heavy atom. The maximum atomic E-state index is 13.6. The lowest BCUT2D eigenvalue weighted by Gasteiger charge is -2.36. The number of cyclic esters (lactones) is 1. The van der Waals surface area contributed by atoms with Crippen molar-refractivity contribution < 1.29 is 32.5 Å². The van der Waals surface area contributed by atoms with Crippen molar-refractivity contribution in [2.45, 2.75) is 58.7 Å². The fraction of sp³-hybridized carbons (Fsp3) is 0.387. The van der Waals surface area contributed by atoms with Crippen LogP contribution >= 0.6 is 0 Å². The molecule has 2 fully saturated rings. The minimum Gasteiger partial charge on any atom is -0.481 e. The van der Waals surface area contributed by atoms with Crippen LogP contribution in [-0.4, -0.2) is 73.6 Å². The summed E-state index contributed by atoms with van der Waals surface area (Å²) in [6.07, 6.45) is -3.34. The third kappa shape index (κ3) is 5.65. The Kier molecular flexibility index (Phi) is 7.63. The third-order valence-electron chi connectivity index (χ3n) is 8.22. The van der Waals surface area contributed by atoms with Crippen molar-refractivity contribution in [3.05, 3.63) is 70.4 Å². The lowest BCUT2D eigenvalue weighted by molar-refractivity contribution is -0.137. The smallest absolute Gasteiger partial charge is 0.416 e. The van der Waals surface area contributed by atoms with E-state index in [4.69, 9.17) is 14.5 Å². The number of amides is 1. The van der Waals surface area contributed by atoms with E-state index in [0.29, 0.717) is 47.3 Å².